The zero-order valence-corrected chi connectivity index (χ0v) is 8.53. The van der Waals surface area contributed by atoms with Gasteiger partial charge in [-0.1, -0.05) is 29.8 Å². The van der Waals surface area contributed by atoms with Crippen molar-refractivity contribution in [1.29, 1.82) is 0 Å². The number of carboxylic acids is 1. The van der Waals surface area contributed by atoms with Gasteiger partial charge >= 0.3 is 5.97 Å². The number of fused-ring (bicyclic) bond motifs is 1. The van der Waals surface area contributed by atoms with E-state index in [1.54, 1.807) is 24.3 Å². The van der Waals surface area contributed by atoms with Gasteiger partial charge in [0.2, 0.25) is 0 Å². The van der Waals surface area contributed by atoms with Crippen LogP contribution >= 0.6 is 11.6 Å². The first-order valence-corrected chi connectivity index (χ1v) is 4.83. The van der Waals surface area contributed by atoms with Gasteiger partial charge in [0.1, 0.15) is 0 Å². The topological polar surface area (TPSA) is 57.5 Å². The van der Waals surface area contributed by atoms with Gasteiger partial charge in [-0.3, -0.25) is 0 Å². The van der Waals surface area contributed by atoms with E-state index in [1.165, 1.54) is 6.08 Å². The number of benzene rings is 1. The molecule has 0 saturated heterocycles. The van der Waals surface area contributed by atoms with Gasteiger partial charge in [0.05, 0.1) is 0 Å². The zero-order valence-electron chi connectivity index (χ0n) is 7.77. The van der Waals surface area contributed by atoms with Crippen LogP contribution in [0.1, 0.15) is 11.1 Å². The molecule has 0 aliphatic heterocycles. The molecule has 15 heavy (non-hydrogen) atoms. The number of hydrogen-bond acceptors (Lipinski definition) is 2. The number of aliphatic hydroxyl groups is 1. The lowest BCUT2D eigenvalue weighted by Crippen LogP contribution is -2.40. The number of hydrogen-bond donors (Lipinski definition) is 2. The van der Waals surface area contributed by atoms with Crippen molar-refractivity contribution in [2.75, 3.05) is 0 Å². The second-order valence-corrected chi connectivity index (χ2v) is 3.96. The van der Waals surface area contributed by atoms with E-state index < -0.39 is 11.6 Å². The Bertz CT molecular complexity index is 453. The van der Waals surface area contributed by atoms with Crippen molar-refractivity contribution in [3.05, 3.63) is 40.4 Å². The van der Waals surface area contributed by atoms with E-state index in [-0.39, 0.29) is 6.42 Å². The van der Waals surface area contributed by atoms with E-state index in [0.29, 0.717) is 5.02 Å². The number of carboxylic acid groups (broad SMARTS) is 1. The van der Waals surface area contributed by atoms with Crippen molar-refractivity contribution in [3.63, 3.8) is 0 Å². The maximum atomic E-state index is 10.8. The Hall–Kier alpha value is -1.32. The Morgan fingerprint density at radius 2 is 2.20 bits per heavy atom. The molecule has 1 atom stereocenters. The molecule has 4 heteroatoms. The summed E-state index contributed by atoms with van der Waals surface area (Å²) in [7, 11) is 0. The van der Waals surface area contributed by atoms with E-state index >= 15 is 0 Å². The summed E-state index contributed by atoms with van der Waals surface area (Å²) in [5.41, 5.74) is -0.280. The fourth-order valence-electron chi connectivity index (χ4n) is 1.64. The minimum Gasteiger partial charge on any atom is -0.479 e. The lowest BCUT2D eigenvalue weighted by molar-refractivity contribution is -0.153. The lowest BCUT2D eigenvalue weighted by atomic mass is 9.86. The summed E-state index contributed by atoms with van der Waals surface area (Å²) in [6.07, 6.45) is 2.87. The zero-order chi connectivity index (χ0) is 11.1. The van der Waals surface area contributed by atoms with Gasteiger partial charge in [-0.2, -0.15) is 0 Å². The van der Waals surface area contributed by atoms with Crippen LogP contribution in [0.4, 0.5) is 0 Å². The maximum Gasteiger partial charge on any atom is 0.340 e. The summed E-state index contributed by atoms with van der Waals surface area (Å²) in [5.74, 6) is -1.25. The van der Waals surface area contributed by atoms with Crippen LogP contribution < -0.4 is 0 Å². The Kier molecular flexibility index (Phi) is 2.29. The standard InChI is InChI=1S/C11H9ClO3/c12-9-3-1-2-7-6-11(15,10(13)14)5-4-8(7)9/h1-5,15H,6H2,(H,13,14). The SMILES string of the molecule is O=C(O)C1(O)C=Cc2c(Cl)cccc2C1. The molecule has 0 spiro atoms. The quantitative estimate of drug-likeness (QED) is 0.764. The van der Waals surface area contributed by atoms with Gasteiger partial charge in [0.25, 0.3) is 0 Å². The van der Waals surface area contributed by atoms with E-state index in [1.807, 2.05) is 0 Å². The highest BCUT2D eigenvalue weighted by Crippen LogP contribution is 2.30. The van der Waals surface area contributed by atoms with Gasteiger partial charge in [-0.05, 0) is 23.3 Å². The number of halogens is 1. The number of rotatable bonds is 1. The molecule has 0 bridgehead atoms. The highest BCUT2D eigenvalue weighted by Gasteiger charge is 2.36. The van der Waals surface area contributed by atoms with Crippen molar-refractivity contribution in [2.45, 2.75) is 12.0 Å². The molecular weight excluding hydrogens is 216 g/mol. The molecule has 3 nitrogen and oxygen atoms in total. The Labute approximate surface area is 91.6 Å². The summed E-state index contributed by atoms with van der Waals surface area (Å²) < 4.78 is 0. The fourth-order valence-corrected chi connectivity index (χ4v) is 1.90. The van der Waals surface area contributed by atoms with Crippen LogP contribution in [0.25, 0.3) is 6.08 Å². The Morgan fingerprint density at radius 3 is 2.87 bits per heavy atom. The molecule has 1 unspecified atom stereocenters. The lowest BCUT2D eigenvalue weighted by Gasteiger charge is -2.24. The molecule has 1 aromatic rings. The summed E-state index contributed by atoms with van der Waals surface area (Å²) in [5, 5.41) is 19.2. The van der Waals surface area contributed by atoms with Crippen molar-refractivity contribution < 1.29 is 15.0 Å². The molecule has 0 fully saturated rings. The van der Waals surface area contributed by atoms with Crippen LogP contribution in [0, 0.1) is 0 Å². The van der Waals surface area contributed by atoms with Gasteiger partial charge in [0.15, 0.2) is 5.60 Å². The highest BCUT2D eigenvalue weighted by atomic mass is 35.5. The summed E-state index contributed by atoms with van der Waals surface area (Å²) >= 11 is 5.93. The first-order chi connectivity index (χ1) is 7.03. The summed E-state index contributed by atoms with van der Waals surface area (Å²) in [4.78, 5) is 10.8. The Morgan fingerprint density at radius 1 is 1.47 bits per heavy atom. The van der Waals surface area contributed by atoms with Crippen LogP contribution in [-0.4, -0.2) is 21.8 Å². The van der Waals surface area contributed by atoms with Crippen LogP contribution in [0.15, 0.2) is 24.3 Å². The molecule has 2 rings (SSSR count). The Balaban J connectivity index is 2.49. The van der Waals surface area contributed by atoms with Gasteiger partial charge < -0.3 is 10.2 Å². The van der Waals surface area contributed by atoms with Crippen molar-refractivity contribution in [3.8, 4) is 0 Å². The molecule has 0 aromatic heterocycles. The minimum absolute atomic E-state index is 0.0503. The largest absolute Gasteiger partial charge is 0.479 e. The third-order valence-corrected chi connectivity index (χ3v) is 2.83. The molecule has 0 radical (unpaired) electrons. The average molecular weight is 225 g/mol. The monoisotopic (exact) mass is 224 g/mol. The predicted molar refractivity (Wildman–Crippen MR) is 56.8 cm³/mol. The molecule has 2 N–H and O–H groups in total. The minimum atomic E-state index is -1.81. The van der Waals surface area contributed by atoms with E-state index in [4.69, 9.17) is 16.7 Å². The van der Waals surface area contributed by atoms with Gasteiger partial charge in [-0.15, -0.1) is 0 Å². The van der Waals surface area contributed by atoms with Gasteiger partial charge in [-0.25, -0.2) is 4.79 Å². The number of aliphatic carboxylic acids is 1. The smallest absolute Gasteiger partial charge is 0.340 e. The normalized spacial score (nSPS) is 23.6. The molecule has 0 saturated carbocycles. The molecule has 1 aliphatic rings. The van der Waals surface area contributed by atoms with E-state index in [2.05, 4.69) is 0 Å². The third-order valence-electron chi connectivity index (χ3n) is 2.50. The van der Waals surface area contributed by atoms with Crippen molar-refractivity contribution in [1.82, 2.24) is 0 Å². The van der Waals surface area contributed by atoms with Crippen LogP contribution in [0.3, 0.4) is 0 Å². The molecule has 0 heterocycles. The number of carbonyl (C=O) groups is 1. The second-order valence-electron chi connectivity index (χ2n) is 3.55. The molecule has 78 valence electrons. The van der Waals surface area contributed by atoms with Crippen LogP contribution in [-0.2, 0) is 11.2 Å². The van der Waals surface area contributed by atoms with E-state index in [0.717, 1.165) is 11.1 Å². The highest BCUT2D eigenvalue weighted by molar-refractivity contribution is 6.32. The average Bonchev–Trinajstić information content (AvgIpc) is 2.17. The second kappa shape index (κ2) is 3.36. The maximum absolute atomic E-state index is 10.8. The fraction of sp³-hybridized carbons (Fsp3) is 0.182. The molecular formula is C11H9ClO3. The first kappa shape index (κ1) is 10.2. The van der Waals surface area contributed by atoms with Crippen LogP contribution in [0.2, 0.25) is 5.02 Å². The first-order valence-electron chi connectivity index (χ1n) is 4.45. The molecule has 1 aromatic carbocycles. The van der Waals surface area contributed by atoms with E-state index in [9.17, 15) is 9.90 Å². The van der Waals surface area contributed by atoms with Gasteiger partial charge in [0, 0.05) is 11.4 Å². The molecule has 0 amide bonds. The van der Waals surface area contributed by atoms with Crippen molar-refractivity contribution in [2.24, 2.45) is 0 Å². The predicted octanol–water partition coefficient (Wildman–Crippen LogP) is 1.73. The summed E-state index contributed by atoms with van der Waals surface area (Å²) in [6.45, 7) is 0. The summed E-state index contributed by atoms with van der Waals surface area (Å²) in [6, 6.07) is 5.23. The van der Waals surface area contributed by atoms with Crippen LogP contribution in [0.5, 0.6) is 0 Å². The third kappa shape index (κ3) is 1.64. The molecule has 1 aliphatic carbocycles. The van der Waals surface area contributed by atoms with Crippen molar-refractivity contribution >= 4 is 23.6 Å².